The number of fused-ring (bicyclic) bond motifs is 1. The highest BCUT2D eigenvalue weighted by atomic mass is 16.5. The van der Waals surface area contributed by atoms with Crippen molar-refractivity contribution in [3.05, 3.63) is 26.4 Å². The maximum Gasteiger partial charge on any atom is 0.328 e. The van der Waals surface area contributed by atoms with E-state index >= 15 is 0 Å². The number of hydrogen-bond acceptors (Lipinski definition) is 6. The number of rotatable bonds is 0. The normalized spacial score (nSPS) is 19.7. The van der Waals surface area contributed by atoms with Crippen molar-refractivity contribution in [1.29, 1.82) is 0 Å². The molecule has 19 heavy (non-hydrogen) atoms. The van der Waals surface area contributed by atoms with Crippen LogP contribution in [-0.2, 0) is 16.0 Å². The Bertz CT molecular complexity index is 724. The zero-order valence-corrected chi connectivity index (χ0v) is 9.16. The second-order valence-corrected chi connectivity index (χ2v) is 4.06. The summed E-state index contributed by atoms with van der Waals surface area (Å²) in [5.41, 5.74) is -3.67. The topological polar surface area (TPSA) is 150 Å². The first-order chi connectivity index (χ1) is 8.92. The molecular weight excluding hydrogens is 260 g/mol. The second-order valence-electron chi connectivity index (χ2n) is 4.06. The van der Waals surface area contributed by atoms with Crippen molar-refractivity contribution in [3.63, 3.8) is 0 Å². The number of hydrogen-bond donors (Lipinski definition) is 4. The molecule has 4 N–H and O–H groups in total. The van der Waals surface area contributed by atoms with Crippen LogP contribution >= 0.6 is 0 Å². The molecule has 0 bridgehead atoms. The van der Waals surface area contributed by atoms with Gasteiger partial charge in [-0.2, -0.15) is 0 Å². The van der Waals surface area contributed by atoms with E-state index in [0.29, 0.717) is 0 Å². The van der Waals surface area contributed by atoms with E-state index in [1.807, 2.05) is 15.6 Å². The van der Waals surface area contributed by atoms with Gasteiger partial charge in [0.1, 0.15) is 0 Å². The molecule has 4 amide bonds. The summed E-state index contributed by atoms with van der Waals surface area (Å²) < 4.78 is 5.12. The maximum atomic E-state index is 11.8. The molecule has 1 aromatic rings. The van der Waals surface area contributed by atoms with Crippen LogP contribution in [0.2, 0.25) is 0 Å². The molecule has 0 aromatic carbocycles. The Labute approximate surface area is 103 Å². The van der Waals surface area contributed by atoms with Gasteiger partial charge in [-0.1, -0.05) is 0 Å². The van der Waals surface area contributed by atoms with Gasteiger partial charge >= 0.3 is 11.7 Å². The summed E-state index contributed by atoms with van der Waals surface area (Å²) in [6.07, 6.45) is -0.376. The van der Waals surface area contributed by atoms with Crippen LogP contribution in [0.25, 0.3) is 0 Å². The van der Waals surface area contributed by atoms with Gasteiger partial charge in [-0.05, 0) is 0 Å². The van der Waals surface area contributed by atoms with Crippen molar-refractivity contribution in [2.45, 2.75) is 12.0 Å². The first-order valence-corrected chi connectivity index (χ1v) is 5.14. The Morgan fingerprint density at radius 2 is 1.58 bits per heavy atom. The van der Waals surface area contributed by atoms with Gasteiger partial charge in [0.25, 0.3) is 23.0 Å². The molecule has 10 heteroatoms. The first kappa shape index (κ1) is 11.2. The number of amides is 4. The number of carbonyl (C=O) groups is 3. The minimum absolute atomic E-state index is 0.0424. The van der Waals surface area contributed by atoms with Crippen molar-refractivity contribution in [2.24, 2.45) is 0 Å². The summed E-state index contributed by atoms with van der Waals surface area (Å²) in [4.78, 5) is 61.3. The number of urea groups is 1. The van der Waals surface area contributed by atoms with Crippen LogP contribution < -0.4 is 26.6 Å². The molecule has 3 rings (SSSR count). The molecule has 1 saturated heterocycles. The molecule has 1 spiro atoms. The number of aromatic amines is 2. The van der Waals surface area contributed by atoms with Crippen LogP contribution in [0.4, 0.5) is 4.79 Å². The molecule has 2 aliphatic rings. The lowest BCUT2D eigenvalue weighted by Gasteiger charge is -2.28. The van der Waals surface area contributed by atoms with Gasteiger partial charge in [-0.3, -0.25) is 35.0 Å². The summed E-state index contributed by atoms with van der Waals surface area (Å²) >= 11 is 0. The van der Waals surface area contributed by atoms with Gasteiger partial charge in [0.05, 0.1) is 5.56 Å². The SMILES string of the molecule is O=C1NC(=O)C2(Cc3c([nH]c(=O)[nH]c3=O)O2)C(=O)N1. The lowest BCUT2D eigenvalue weighted by Crippen LogP contribution is -2.68. The van der Waals surface area contributed by atoms with Gasteiger partial charge in [0.15, 0.2) is 0 Å². The minimum Gasteiger partial charge on any atom is -0.451 e. The van der Waals surface area contributed by atoms with Crippen molar-refractivity contribution >= 4 is 17.8 Å². The van der Waals surface area contributed by atoms with Crippen LogP contribution in [0.15, 0.2) is 9.59 Å². The molecular formula is C9H6N4O6. The number of imide groups is 2. The third kappa shape index (κ3) is 1.39. The van der Waals surface area contributed by atoms with Crippen LogP contribution in [0.3, 0.4) is 0 Å². The van der Waals surface area contributed by atoms with E-state index in [9.17, 15) is 24.0 Å². The first-order valence-electron chi connectivity index (χ1n) is 5.14. The predicted octanol–water partition coefficient (Wildman–Crippen LogP) is -2.90. The molecule has 10 nitrogen and oxygen atoms in total. The van der Waals surface area contributed by atoms with Crippen LogP contribution in [0.5, 0.6) is 5.88 Å². The highest BCUT2D eigenvalue weighted by Gasteiger charge is 2.57. The Morgan fingerprint density at radius 3 is 2.21 bits per heavy atom. The number of barbiturate groups is 1. The fourth-order valence-electron chi connectivity index (χ4n) is 1.99. The fraction of sp³-hybridized carbons (Fsp3) is 0.222. The summed E-state index contributed by atoms with van der Waals surface area (Å²) in [7, 11) is 0. The monoisotopic (exact) mass is 266 g/mol. The Balaban J connectivity index is 2.12. The average molecular weight is 266 g/mol. The van der Waals surface area contributed by atoms with Crippen LogP contribution in [-0.4, -0.2) is 33.4 Å². The molecule has 0 saturated carbocycles. The average Bonchev–Trinajstić information content (AvgIpc) is 2.67. The van der Waals surface area contributed by atoms with E-state index in [1.165, 1.54) is 0 Å². The van der Waals surface area contributed by atoms with Gasteiger partial charge in [0, 0.05) is 6.42 Å². The van der Waals surface area contributed by atoms with Crippen molar-refractivity contribution < 1.29 is 19.1 Å². The zero-order chi connectivity index (χ0) is 13.8. The third-order valence-electron chi connectivity index (χ3n) is 2.89. The largest absolute Gasteiger partial charge is 0.451 e. The smallest absolute Gasteiger partial charge is 0.328 e. The molecule has 3 heterocycles. The highest BCUT2D eigenvalue weighted by molar-refractivity contribution is 6.22. The van der Waals surface area contributed by atoms with Gasteiger partial charge < -0.3 is 4.74 Å². The lowest BCUT2D eigenvalue weighted by molar-refractivity contribution is -0.149. The summed E-state index contributed by atoms with van der Waals surface area (Å²) in [5, 5.41) is 3.74. The molecule has 0 radical (unpaired) electrons. The maximum absolute atomic E-state index is 11.8. The Morgan fingerprint density at radius 1 is 0.947 bits per heavy atom. The predicted molar refractivity (Wildman–Crippen MR) is 56.4 cm³/mol. The minimum atomic E-state index is -2.05. The molecule has 0 atom stereocenters. The van der Waals surface area contributed by atoms with Gasteiger partial charge in [0.2, 0.25) is 5.88 Å². The second kappa shape index (κ2) is 3.31. The molecule has 98 valence electrons. The van der Waals surface area contributed by atoms with Gasteiger partial charge in [-0.25, -0.2) is 9.59 Å². The standard InChI is InChI=1S/C9H6N4O6/c14-3-2-1-9(19-4(2)11-7(17)10-3)5(15)12-8(18)13-6(9)16/h1H2,(H2,10,11,14,17)(H2,12,13,15,16,18). The molecule has 2 aliphatic heterocycles. The number of aromatic nitrogens is 2. The number of H-pyrrole nitrogens is 2. The third-order valence-corrected chi connectivity index (χ3v) is 2.89. The van der Waals surface area contributed by atoms with E-state index < -0.39 is 34.7 Å². The quantitative estimate of drug-likeness (QED) is 0.370. The van der Waals surface area contributed by atoms with E-state index in [1.54, 1.807) is 0 Å². The highest BCUT2D eigenvalue weighted by Crippen LogP contribution is 2.31. The fourth-order valence-corrected chi connectivity index (χ4v) is 1.99. The van der Waals surface area contributed by atoms with E-state index in [0.717, 1.165) is 0 Å². The molecule has 1 aromatic heterocycles. The summed E-state index contributed by atoms with van der Waals surface area (Å²) in [5.74, 6) is -2.23. The van der Waals surface area contributed by atoms with Crippen molar-refractivity contribution in [3.8, 4) is 5.88 Å². The van der Waals surface area contributed by atoms with Crippen molar-refractivity contribution in [2.75, 3.05) is 0 Å². The molecule has 1 fully saturated rings. The van der Waals surface area contributed by atoms with Crippen molar-refractivity contribution in [1.82, 2.24) is 20.6 Å². The summed E-state index contributed by atoms with van der Waals surface area (Å²) in [6.45, 7) is 0. The Hall–Kier alpha value is -2.91. The van der Waals surface area contributed by atoms with Gasteiger partial charge in [-0.15, -0.1) is 0 Å². The zero-order valence-electron chi connectivity index (χ0n) is 9.16. The molecule has 0 unspecified atom stereocenters. The number of carbonyl (C=O) groups excluding carboxylic acids is 3. The van der Waals surface area contributed by atoms with E-state index in [2.05, 4.69) is 4.98 Å². The van der Waals surface area contributed by atoms with Crippen LogP contribution in [0.1, 0.15) is 5.56 Å². The summed E-state index contributed by atoms with van der Waals surface area (Å²) in [6, 6.07) is -0.970. The Kier molecular flexibility index (Phi) is 1.95. The lowest BCUT2D eigenvalue weighted by atomic mass is 9.94. The molecule has 0 aliphatic carbocycles. The van der Waals surface area contributed by atoms with Crippen LogP contribution in [0, 0.1) is 0 Å². The van der Waals surface area contributed by atoms with E-state index in [-0.39, 0.29) is 17.9 Å². The number of ether oxygens (including phenoxy) is 1. The van der Waals surface area contributed by atoms with E-state index in [4.69, 9.17) is 4.74 Å². The number of nitrogens with one attached hydrogen (secondary N) is 4.